The predicted octanol–water partition coefficient (Wildman–Crippen LogP) is 2.44. The fraction of sp³-hybridized carbons (Fsp3) is 0.333. The van der Waals surface area contributed by atoms with Crippen LogP contribution in [0.4, 0.5) is 5.69 Å². The van der Waals surface area contributed by atoms with Crippen LogP contribution in [0.2, 0.25) is 0 Å². The van der Waals surface area contributed by atoms with Gasteiger partial charge in [-0.25, -0.2) is 9.97 Å². The first kappa shape index (κ1) is 15.6. The summed E-state index contributed by atoms with van der Waals surface area (Å²) in [7, 11) is 3.45. The lowest BCUT2D eigenvalue weighted by Crippen LogP contribution is -2.12. The quantitative estimate of drug-likeness (QED) is 0.794. The fourth-order valence-corrected chi connectivity index (χ4v) is 3.13. The van der Waals surface area contributed by atoms with Gasteiger partial charge in [0.25, 0.3) is 5.91 Å². The molecule has 3 aromatic heterocycles. The van der Waals surface area contributed by atoms with Gasteiger partial charge in [0.05, 0.1) is 29.9 Å². The second-order valence-electron chi connectivity index (χ2n) is 5.21. The van der Waals surface area contributed by atoms with Gasteiger partial charge in [-0.1, -0.05) is 0 Å². The third-order valence-electron chi connectivity index (χ3n) is 3.48. The summed E-state index contributed by atoms with van der Waals surface area (Å²) in [5.41, 5.74) is 3.11. The van der Waals surface area contributed by atoms with E-state index in [2.05, 4.69) is 20.4 Å². The molecule has 3 heterocycles. The smallest absolute Gasteiger partial charge is 0.267 e. The highest BCUT2D eigenvalue weighted by atomic mass is 32.1. The van der Waals surface area contributed by atoms with Crippen LogP contribution < -0.4 is 5.32 Å². The summed E-state index contributed by atoms with van der Waals surface area (Å²) >= 11 is 1.32. The van der Waals surface area contributed by atoms with E-state index in [0.717, 1.165) is 27.4 Å². The first-order chi connectivity index (χ1) is 11.0. The zero-order chi connectivity index (χ0) is 16.6. The minimum Gasteiger partial charge on any atom is -0.378 e. The lowest BCUT2D eigenvalue weighted by molar-refractivity contribution is 0.103. The van der Waals surface area contributed by atoms with Crippen LogP contribution in [0, 0.1) is 13.8 Å². The van der Waals surface area contributed by atoms with Crippen molar-refractivity contribution in [1.82, 2.24) is 19.7 Å². The summed E-state index contributed by atoms with van der Waals surface area (Å²) in [6.45, 7) is 4.19. The van der Waals surface area contributed by atoms with E-state index in [1.165, 1.54) is 11.3 Å². The highest BCUT2D eigenvalue weighted by Gasteiger charge is 2.15. The average molecular weight is 331 g/mol. The van der Waals surface area contributed by atoms with Gasteiger partial charge < -0.3 is 10.1 Å². The number of carbonyl (C=O) groups excluding carboxylic acids is 1. The van der Waals surface area contributed by atoms with Gasteiger partial charge in [-0.3, -0.25) is 9.48 Å². The lowest BCUT2D eigenvalue weighted by atomic mass is 10.2. The Hall–Kier alpha value is -2.32. The number of fused-ring (bicyclic) bond motifs is 1. The van der Waals surface area contributed by atoms with Crippen molar-refractivity contribution in [2.24, 2.45) is 7.05 Å². The maximum atomic E-state index is 12.4. The summed E-state index contributed by atoms with van der Waals surface area (Å²) in [5, 5.41) is 8.95. The Morgan fingerprint density at radius 3 is 2.91 bits per heavy atom. The SMILES string of the molecule is COCc1ncc(C(=O)Nc2cc3c(C)nn(C)c3nc2C)s1. The Morgan fingerprint density at radius 2 is 2.17 bits per heavy atom. The predicted molar refractivity (Wildman–Crippen MR) is 88.8 cm³/mol. The number of aryl methyl sites for hydroxylation is 3. The van der Waals surface area contributed by atoms with E-state index in [0.29, 0.717) is 17.2 Å². The number of aromatic nitrogens is 4. The number of hydrogen-bond acceptors (Lipinski definition) is 6. The molecule has 0 fully saturated rings. The number of pyridine rings is 1. The molecule has 0 bridgehead atoms. The molecule has 3 rings (SSSR count). The number of thiazole rings is 1. The molecule has 120 valence electrons. The largest absolute Gasteiger partial charge is 0.378 e. The normalized spacial score (nSPS) is 11.1. The maximum Gasteiger partial charge on any atom is 0.267 e. The molecule has 0 aliphatic carbocycles. The fourth-order valence-electron chi connectivity index (χ4n) is 2.35. The molecular weight excluding hydrogens is 314 g/mol. The molecule has 0 radical (unpaired) electrons. The van der Waals surface area contributed by atoms with Crippen LogP contribution in [0.3, 0.4) is 0 Å². The molecule has 0 saturated heterocycles. The summed E-state index contributed by atoms with van der Waals surface area (Å²) in [5.74, 6) is -0.198. The van der Waals surface area contributed by atoms with Crippen molar-refractivity contribution in [2.75, 3.05) is 12.4 Å². The highest BCUT2D eigenvalue weighted by Crippen LogP contribution is 2.24. The second kappa shape index (κ2) is 6.05. The molecule has 7 nitrogen and oxygen atoms in total. The van der Waals surface area contributed by atoms with E-state index >= 15 is 0 Å². The Balaban J connectivity index is 1.89. The van der Waals surface area contributed by atoms with E-state index in [-0.39, 0.29) is 5.91 Å². The van der Waals surface area contributed by atoms with Crippen LogP contribution in [-0.2, 0) is 18.4 Å². The van der Waals surface area contributed by atoms with Gasteiger partial charge in [0.15, 0.2) is 5.65 Å². The zero-order valence-corrected chi connectivity index (χ0v) is 14.2. The third-order valence-corrected chi connectivity index (χ3v) is 4.45. The standard InChI is InChI=1S/C15H17N5O2S/c1-8-10-5-11(9(2)17-14(10)20(3)19-8)18-15(21)12-6-16-13(23-12)7-22-4/h5-6H,7H2,1-4H3,(H,18,21). The summed E-state index contributed by atoms with van der Waals surface area (Å²) < 4.78 is 6.76. The molecule has 0 atom stereocenters. The Bertz CT molecular complexity index is 884. The average Bonchev–Trinajstić information content (AvgIpc) is 3.07. The van der Waals surface area contributed by atoms with E-state index in [1.807, 2.05) is 27.0 Å². The number of nitrogens with one attached hydrogen (secondary N) is 1. The van der Waals surface area contributed by atoms with Crippen LogP contribution in [0.5, 0.6) is 0 Å². The monoisotopic (exact) mass is 331 g/mol. The van der Waals surface area contributed by atoms with E-state index in [1.54, 1.807) is 18.0 Å². The number of anilines is 1. The van der Waals surface area contributed by atoms with Crippen molar-refractivity contribution in [3.63, 3.8) is 0 Å². The summed E-state index contributed by atoms with van der Waals surface area (Å²) in [6.07, 6.45) is 1.56. The molecule has 1 amide bonds. The first-order valence-electron chi connectivity index (χ1n) is 7.05. The van der Waals surface area contributed by atoms with Crippen molar-refractivity contribution in [3.05, 3.63) is 33.5 Å². The number of amides is 1. The second-order valence-corrected chi connectivity index (χ2v) is 6.32. The van der Waals surface area contributed by atoms with Gasteiger partial charge in [-0.2, -0.15) is 5.10 Å². The molecule has 8 heteroatoms. The molecule has 0 saturated carbocycles. The van der Waals surface area contributed by atoms with Crippen LogP contribution in [0.1, 0.15) is 26.1 Å². The third kappa shape index (κ3) is 2.95. The molecular formula is C15H17N5O2S. The number of ether oxygens (including phenoxy) is 1. The molecule has 0 aromatic carbocycles. The topological polar surface area (TPSA) is 81.9 Å². The van der Waals surface area contributed by atoms with Crippen LogP contribution >= 0.6 is 11.3 Å². The number of nitrogens with zero attached hydrogens (tertiary/aromatic N) is 4. The van der Waals surface area contributed by atoms with Crippen molar-refractivity contribution in [2.45, 2.75) is 20.5 Å². The van der Waals surface area contributed by atoms with Crippen molar-refractivity contribution >= 4 is 34.0 Å². The number of methoxy groups -OCH3 is 1. The Morgan fingerprint density at radius 1 is 1.39 bits per heavy atom. The first-order valence-corrected chi connectivity index (χ1v) is 7.87. The maximum absolute atomic E-state index is 12.4. The van der Waals surface area contributed by atoms with Crippen LogP contribution in [-0.4, -0.2) is 32.8 Å². The molecule has 0 unspecified atom stereocenters. The molecule has 0 aliphatic heterocycles. The van der Waals surface area contributed by atoms with E-state index in [4.69, 9.17) is 4.74 Å². The van der Waals surface area contributed by atoms with Gasteiger partial charge in [0.1, 0.15) is 9.88 Å². The van der Waals surface area contributed by atoms with E-state index < -0.39 is 0 Å². The Labute approximate surface area is 137 Å². The van der Waals surface area contributed by atoms with Gasteiger partial charge >= 0.3 is 0 Å². The summed E-state index contributed by atoms with van der Waals surface area (Å²) in [4.78, 5) is 21.6. The number of hydrogen-bond donors (Lipinski definition) is 1. The minimum absolute atomic E-state index is 0.198. The lowest BCUT2D eigenvalue weighted by Gasteiger charge is -2.07. The van der Waals surface area contributed by atoms with Crippen molar-refractivity contribution in [3.8, 4) is 0 Å². The minimum atomic E-state index is -0.198. The van der Waals surface area contributed by atoms with Crippen LogP contribution in [0.25, 0.3) is 11.0 Å². The number of carbonyl (C=O) groups is 1. The molecule has 3 aromatic rings. The van der Waals surface area contributed by atoms with Gasteiger partial charge in [-0.05, 0) is 19.9 Å². The van der Waals surface area contributed by atoms with Gasteiger partial charge in [0.2, 0.25) is 0 Å². The highest BCUT2D eigenvalue weighted by molar-refractivity contribution is 7.13. The van der Waals surface area contributed by atoms with Crippen molar-refractivity contribution < 1.29 is 9.53 Å². The number of rotatable bonds is 4. The van der Waals surface area contributed by atoms with Crippen molar-refractivity contribution in [1.29, 1.82) is 0 Å². The molecule has 23 heavy (non-hydrogen) atoms. The molecule has 0 spiro atoms. The molecule has 0 aliphatic rings. The van der Waals surface area contributed by atoms with Gasteiger partial charge in [-0.15, -0.1) is 11.3 Å². The zero-order valence-electron chi connectivity index (χ0n) is 13.4. The van der Waals surface area contributed by atoms with E-state index in [9.17, 15) is 4.79 Å². The van der Waals surface area contributed by atoms with Crippen LogP contribution in [0.15, 0.2) is 12.3 Å². The van der Waals surface area contributed by atoms with Gasteiger partial charge in [0, 0.05) is 19.5 Å². The molecule has 1 N–H and O–H groups in total. The summed E-state index contributed by atoms with van der Waals surface area (Å²) in [6, 6.07) is 1.91. The Kier molecular flexibility index (Phi) is 4.10.